The van der Waals surface area contributed by atoms with Crippen molar-refractivity contribution >= 4 is 11.6 Å². The molecular formula is C14H17N3O2. The highest BCUT2D eigenvalue weighted by molar-refractivity contribution is 5.63. The first kappa shape index (κ1) is 13.1. The molecule has 2 rings (SSSR count). The molecule has 0 bridgehead atoms. The second kappa shape index (κ2) is 5.56. The molecule has 0 aliphatic rings. The van der Waals surface area contributed by atoms with Crippen LogP contribution in [0.3, 0.4) is 0 Å². The highest BCUT2D eigenvalue weighted by atomic mass is 16.5. The van der Waals surface area contributed by atoms with Gasteiger partial charge < -0.3 is 10.1 Å². The predicted octanol–water partition coefficient (Wildman–Crippen LogP) is 2.39. The van der Waals surface area contributed by atoms with Crippen LogP contribution < -0.4 is 15.6 Å². The number of methoxy groups -OCH3 is 1. The van der Waals surface area contributed by atoms with Crippen molar-refractivity contribution in [2.24, 2.45) is 0 Å². The van der Waals surface area contributed by atoms with Crippen LogP contribution in [0.25, 0.3) is 0 Å². The molecule has 1 heterocycles. The normalized spacial score (nSPS) is 10.3. The monoisotopic (exact) mass is 259 g/mol. The summed E-state index contributed by atoms with van der Waals surface area (Å²) in [5, 5.41) is 3.09. The van der Waals surface area contributed by atoms with E-state index in [1.165, 1.54) is 6.07 Å². The Kier molecular flexibility index (Phi) is 3.85. The Balaban J connectivity index is 2.38. The van der Waals surface area contributed by atoms with E-state index in [-0.39, 0.29) is 5.56 Å². The molecule has 1 aromatic carbocycles. The smallest absolute Gasteiger partial charge is 0.252 e. The summed E-state index contributed by atoms with van der Waals surface area (Å²) < 4.78 is 5.28. The van der Waals surface area contributed by atoms with Gasteiger partial charge in [0.25, 0.3) is 5.56 Å². The Morgan fingerprint density at radius 1 is 1.37 bits per heavy atom. The molecular weight excluding hydrogens is 242 g/mol. The minimum atomic E-state index is -0.166. The number of aromatic amines is 1. The molecule has 0 amide bonds. The summed E-state index contributed by atoms with van der Waals surface area (Å²) in [4.78, 5) is 18.5. The van der Waals surface area contributed by atoms with Crippen molar-refractivity contribution in [3.05, 3.63) is 45.9 Å². The molecule has 19 heavy (non-hydrogen) atoms. The first-order valence-electron chi connectivity index (χ1n) is 6.14. The number of rotatable bonds is 4. The summed E-state index contributed by atoms with van der Waals surface area (Å²) in [5.41, 5.74) is 2.45. The van der Waals surface area contributed by atoms with E-state index in [1.807, 2.05) is 32.0 Å². The lowest BCUT2D eigenvalue weighted by atomic mass is 10.2. The van der Waals surface area contributed by atoms with E-state index in [9.17, 15) is 4.79 Å². The molecule has 0 unspecified atom stereocenters. The summed E-state index contributed by atoms with van der Waals surface area (Å²) in [5.74, 6) is 1.13. The Labute approximate surface area is 111 Å². The van der Waals surface area contributed by atoms with Crippen LogP contribution >= 0.6 is 0 Å². The molecule has 0 fully saturated rings. The Morgan fingerprint density at radius 3 is 2.84 bits per heavy atom. The Hall–Kier alpha value is -2.30. The minimum Gasteiger partial charge on any atom is -0.495 e. The molecule has 2 aromatic rings. The van der Waals surface area contributed by atoms with Crippen LogP contribution in [0.2, 0.25) is 0 Å². The maximum atomic E-state index is 11.5. The number of hydrogen-bond donors (Lipinski definition) is 2. The number of benzene rings is 1. The van der Waals surface area contributed by atoms with Crippen LogP contribution in [0.4, 0.5) is 11.6 Å². The minimum absolute atomic E-state index is 0.166. The third kappa shape index (κ3) is 3.13. The maximum Gasteiger partial charge on any atom is 0.252 e. The zero-order chi connectivity index (χ0) is 13.8. The first-order valence-corrected chi connectivity index (χ1v) is 6.14. The number of nitrogens with zero attached hydrogens (tertiary/aromatic N) is 1. The van der Waals surface area contributed by atoms with Crippen molar-refractivity contribution in [1.82, 2.24) is 9.97 Å². The molecule has 0 aliphatic carbocycles. The van der Waals surface area contributed by atoms with E-state index in [0.29, 0.717) is 18.1 Å². The van der Waals surface area contributed by atoms with Crippen LogP contribution in [-0.4, -0.2) is 17.1 Å². The number of aromatic nitrogens is 2. The number of H-pyrrole nitrogens is 1. The van der Waals surface area contributed by atoms with E-state index in [4.69, 9.17) is 4.74 Å². The molecule has 0 radical (unpaired) electrons. The average molecular weight is 259 g/mol. The molecule has 0 saturated carbocycles. The average Bonchev–Trinajstić information content (AvgIpc) is 2.38. The van der Waals surface area contributed by atoms with Gasteiger partial charge in [0, 0.05) is 11.8 Å². The van der Waals surface area contributed by atoms with E-state index in [1.54, 1.807) is 7.11 Å². The van der Waals surface area contributed by atoms with Crippen LogP contribution in [0, 0.1) is 6.92 Å². The third-order valence-electron chi connectivity index (χ3n) is 2.77. The van der Waals surface area contributed by atoms with Gasteiger partial charge in [0.1, 0.15) is 5.75 Å². The zero-order valence-electron chi connectivity index (χ0n) is 11.3. The molecule has 5 nitrogen and oxygen atoms in total. The number of nitrogens with one attached hydrogen (secondary N) is 2. The molecule has 100 valence electrons. The van der Waals surface area contributed by atoms with E-state index in [2.05, 4.69) is 15.3 Å². The van der Waals surface area contributed by atoms with Gasteiger partial charge in [0.05, 0.1) is 12.8 Å². The lowest BCUT2D eigenvalue weighted by Crippen LogP contribution is -2.12. The zero-order valence-corrected chi connectivity index (χ0v) is 11.3. The van der Waals surface area contributed by atoms with Gasteiger partial charge in [-0.1, -0.05) is 13.0 Å². The predicted molar refractivity (Wildman–Crippen MR) is 75.2 cm³/mol. The molecule has 0 atom stereocenters. The van der Waals surface area contributed by atoms with Crippen LogP contribution in [0.5, 0.6) is 5.75 Å². The van der Waals surface area contributed by atoms with Crippen molar-refractivity contribution in [2.45, 2.75) is 20.3 Å². The Bertz CT molecular complexity index is 635. The molecule has 0 aliphatic heterocycles. The van der Waals surface area contributed by atoms with E-state index >= 15 is 0 Å². The van der Waals surface area contributed by atoms with Gasteiger partial charge >= 0.3 is 0 Å². The fraction of sp³-hybridized carbons (Fsp3) is 0.286. The van der Waals surface area contributed by atoms with Gasteiger partial charge in [-0.05, 0) is 31.0 Å². The molecule has 1 aromatic heterocycles. The molecule has 0 saturated heterocycles. The number of anilines is 2. The number of aryl methyl sites for hydroxylation is 2. The van der Waals surface area contributed by atoms with Gasteiger partial charge in [-0.25, -0.2) is 4.98 Å². The fourth-order valence-electron chi connectivity index (χ4n) is 1.80. The van der Waals surface area contributed by atoms with Crippen molar-refractivity contribution in [1.29, 1.82) is 0 Å². The topological polar surface area (TPSA) is 67.0 Å². The maximum absolute atomic E-state index is 11.5. The van der Waals surface area contributed by atoms with Crippen molar-refractivity contribution in [3.8, 4) is 5.75 Å². The summed E-state index contributed by atoms with van der Waals surface area (Å²) in [6.45, 7) is 3.95. The summed E-state index contributed by atoms with van der Waals surface area (Å²) in [6, 6.07) is 7.28. The SMILES string of the molecule is CCc1cc(=O)[nH]c(Nc2cc(C)ccc2OC)n1. The highest BCUT2D eigenvalue weighted by Crippen LogP contribution is 2.27. The highest BCUT2D eigenvalue weighted by Gasteiger charge is 2.06. The Morgan fingerprint density at radius 2 is 2.16 bits per heavy atom. The number of ether oxygens (including phenoxy) is 1. The third-order valence-corrected chi connectivity index (χ3v) is 2.77. The lowest BCUT2D eigenvalue weighted by Gasteiger charge is -2.11. The van der Waals surface area contributed by atoms with Gasteiger partial charge in [-0.3, -0.25) is 9.78 Å². The largest absolute Gasteiger partial charge is 0.495 e. The van der Waals surface area contributed by atoms with Gasteiger partial charge in [0.2, 0.25) is 5.95 Å². The summed E-state index contributed by atoms with van der Waals surface area (Å²) in [6.07, 6.45) is 0.712. The lowest BCUT2D eigenvalue weighted by molar-refractivity contribution is 0.416. The summed E-state index contributed by atoms with van der Waals surface area (Å²) in [7, 11) is 1.61. The number of hydrogen-bond acceptors (Lipinski definition) is 4. The quantitative estimate of drug-likeness (QED) is 0.884. The van der Waals surface area contributed by atoms with Crippen molar-refractivity contribution in [3.63, 3.8) is 0 Å². The van der Waals surface area contributed by atoms with Gasteiger partial charge in [-0.15, -0.1) is 0 Å². The standard InChI is InChI=1S/C14H17N3O2/c1-4-10-8-13(18)17-14(15-10)16-11-7-9(2)5-6-12(11)19-3/h5-8H,4H2,1-3H3,(H2,15,16,17,18). The second-order valence-electron chi connectivity index (χ2n) is 4.27. The van der Waals surface area contributed by atoms with Crippen LogP contribution in [-0.2, 0) is 6.42 Å². The molecule has 0 spiro atoms. The van der Waals surface area contributed by atoms with Gasteiger partial charge in [0.15, 0.2) is 0 Å². The van der Waals surface area contributed by atoms with Crippen LogP contribution in [0.1, 0.15) is 18.2 Å². The van der Waals surface area contributed by atoms with E-state index < -0.39 is 0 Å². The van der Waals surface area contributed by atoms with Gasteiger partial charge in [-0.2, -0.15) is 0 Å². The molecule has 2 N–H and O–H groups in total. The molecule has 5 heteroatoms. The second-order valence-corrected chi connectivity index (χ2v) is 4.27. The summed E-state index contributed by atoms with van der Waals surface area (Å²) >= 11 is 0. The van der Waals surface area contributed by atoms with E-state index in [0.717, 1.165) is 16.9 Å². The van der Waals surface area contributed by atoms with Crippen molar-refractivity contribution < 1.29 is 4.74 Å². The van der Waals surface area contributed by atoms with Crippen LogP contribution in [0.15, 0.2) is 29.1 Å². The van der Waals surface area contributed by atoms with Crippen molar-refractivity contribution in [2.75, 3.05) is 12.4 Å². The fourth-order valence-corrected chi connectivity index (χ4v) is 1.80. The first-order chi connectivity index (χ1) is 9.12.